The quantitative estimate of drug-likeness (QED) is 0.940. The number of aromatic carboxylic acids is 1. The summed E-state index contributed by atoms with van der Waals surface area (Å²) >= 11 is 0. The van der Waals surface area contributed by atoms with Crippen molar-refractivity contribution in [2.45, 2.75) is 12.6 Å². The molecule has 0 spiro atoms. The van der Waals surface area contributed by atoms with Crippen molar-refractivity contribution < 1.29 is 23.1 Å². The van der Waals surface area contributed by atoms with E-state index in [4.69, 9.17) is 5.11 Å². The Kier molecular flexibility index (Phi) is 3.97. The average molecular weight is 299 g/mol. The molecule has 0 aliphatic rings. The average Bonchev–Trinajstić information content (AvgIpc) is 2.42. The molecule has 0 aliphatic carbocycles. The third-order valence-corrected chi connectivity index (χ3v) is 2.96. The lowest BCUT2D eigenvalue weighted by Gasteiger charge is -2.22. The predicted octanol–water partition coefficient (Wildman–Crippen LogP) is 2.72. The van der Waals surface area contributed by atoms with Gasteiger partial charge in [0.1, 0.15) is 0 Å². The summed E-state index contributed by atoms with van der Waals surface area (Å²) in [7, 11) is 1.40. The van der Waals surface area contributed by atoms with E-state index in [1.807, 2.05) is 0 Å². The highest BCUT2D eigenvalue weighted by Crippen LogP contribution is 2.29. The lowest BCUT2D eigenvalue weighted by atomic mass is 10.1. The molecular formula is C13H12F3N3O2. The van der Waals surface area contributed by atoms with E-state index in [9.17, 15) is 18.0 Å². The standard InChI is InChI=1S/C13H12F3N3O2/c1-19(7-6-13(14,15)16)11-8-4-2-3-5-9(8)17-18-10(11)12(20)21/h2-5H,6-7H2,1H3,(H,20,21). The smallest absolute Gasteiger partial charge is 0.390 e. The zero-order chi connectivity index (χ0) is 15.6. The van der Waals surface area contributed by atoms with Gasteiger partial charge >= 0.3 is 12.1 Å². The highest BCUT2D eigenvalue weighted by molar-refractivity contribution is 6.02. The summed E-state index contributed by atoms with van der Waals surface area (Å²) in [5.41, 5.74) is 0.201. The molecule has 2 rings (SSSR count). The molecule has 0 fully saturated rings. The van der Waals surface area contributed by atoms with E-state index in [-0.39, 0.29) is 17.9 Å². The summed E-state index contributed by atoms with van der Waals surface area (Å²) in [6.07, 6.45) is -5.35. The van der Waals surface area contributed by atoms with Crippen molar-refractivity contribution >= 4 is 22.6 Å². The van der Waals surface area contributed by atoms with Crippen molar-refractivity contribution in [3.63, 3.8) is 0 Å². The molecule has 0 amide bonds. The van der Waals surface area contributed by atoms with Crippen molar-refractivity contribution in [2.75, 3.05) is 18.5 Å². The molecule has 1 N–H and O–H groups in total. The van der Waals surface area contributed by atoms with Crippen LogP contribution in [0, 0.1) is 0 Å². The van der Waals surface area contributed by atoms with E-state index in [2.05, 4.69) is 10.2 Å². The second kappa shape index (κ2) is 5.55. The summed E-state index contributed by atoms with van der Waals surface area (Å²) in [5.74, 6) is -1.33. The Bertz CT molecular complexity index is 673. The first-order valence-electron chi connectivity index (χ1n) is 6.06. The summed E-state index contributed by atoms with van der Waals surface area (Å²) < 4.78 is 37.0. The molecule has 0 atom stereocenters. The number of alkyl halides is 3. The van der Waals surface area contributed by atoms with Gasteiger partial charge < -0.3 is 10.0 Å². The molecule has 0 bridgehead atoms. The molecule has 0 radical (unpaired) electrons. The molecule has 0 saturated heterocycles. The van der Waals surface area contributed by atoms with Gasteiger partial charge in [0.2, 0.25) is 0 Å². The normalized spacial score (nSPS) is 11.6. The Morgan fingerprint density at radius 3 is 2.57 bits per heavy atom. The van der Waals surface area contributed by atoms with Gasteiger partial charge in [0.05, 0.1) is 17.6 Å². The second-order valence-corrected chi connectivity index (χ2v) is 4.51. The molecule has 5 nitrogen and oxygen atoms in total. The lowest BCUT2D eigenvalue weighted by molar-refractivity contribution is -0.132. The van der Waals surface area contributed by atoms with Gasteiger partial charge in [-0.3, -0.25) is 0 Å². The van der Waals surface area contributed by atoms with Crippen LogP contribution in [0.3, 0.4) is 0 Å². The van der Waals surface area contributed by atoms with E-state index in [1.165, 1.54) is 11.9 Å². The number of halogens is 3. The van der Waals surface area contributed by atoms with Crippen LogP contribution in [0.25, 0.3) is 10.9 Å². The Morgan fingerprint density at radius 2 is 1.95 bits per heavy atom. The number of rotatable bonds is 4. The monoisotopic (exact) mass is 299 g/mol. The molecule has 21 heavy (non-hydrogen) atoms. The minimum absolute atomic E-state index is 0.136. The topological polar surface area (TPSA) is 66.3 Å². The molecule has 1 aromatic heterocycles. The predicted molar refractivity (Wildman–Crippen MR) is 70.4 cm³/mol. The molecule has 112 valence electrons. The van der Waals surface area contributed by atoms with Crippen LogP contribution < -0.4 is 4.90 Å². The number of carbonyl (C=O) groups is 1. The highest BCUT2D eigenvalue weighted by atomic mass is 19.4. The van der Waals surface area contributed by atoms with Gasteiger partial charge in [0, 0.05) is 19.0 Å². The van der Waals surface area contributed by atoms with Crippen LogP contribution in [0.5, 0.6) is 0 Å². The van der Waals surface area contributed by atoms with Gasteiger partial charge in [-0.05, 0) is 6.07 Å². The Morgan fingerprint density at radius 1 is 1.29 bits per heavy atom. The second-order valence-electron chi connectivity index (χ2n) is 4.51. The summed E-state index contributed by atoms with van der Waals surface area (Å²) in [6, 6.07) is 6.58. The first-order chi connectivity index (χ1) is 9.79. The van der Waals surface area contributed by atoms with E-state index in [0.29, 0.717) is 10.9 Å². The van der Waals surface area contributed by atoms with Gasteiger partial charge in [0.15, 0.2) is 5.69 Å². The van der Waals surface area contributed by atoms with Crippen LogP contribution in [-0.4, -0.2) is 41.0 Å². The van der Waals surface area contributed by atoms with E-state index < -0.39 is 18.6 Å². The van der Waals surface area contributed by atoms with Crippen molar-refractivity contribution in [3.8, 4) is 0 Å². The molecule has 0 unspecified atom stereocenters. The van der Waals surface area contributed by atoms with Gasteiger partial charge in [-0.25, -0.2) is 4.79 Å². The van der Waals surface area contributed by atoms with Crippen LogP contribution in [0.15, 0.2) is 24.3 Å². The van der Waals surface area contributed by atoms with Crippen molar-refractivity contribution in [1.82, 2.24) is 10.2 Å². The molecule has 0 saturated carbocycles. The lowest BCUT2D eigenvalue weighted by Crippen LogP contribution is -2.26. The van der Waals surface area contributed by atoms with Crippen LogP contribution >= 0.6 is 0 Å². The summed E-state index contributed by atoms with van der Waals surface area (Å²) in [5, 5.41) is 17.0. The Hall–Kier alpha value is -2.38. The summed E-state index contributed by atoms with van der Waals surface area (Å²) in [6.45, 7) is -0.362. The van der Waals surface area contributed by atoms with Gasteiger partial charge in [-0.15, -0.1) is 10.2 Å². The molecule has 1 heterocycles. The molecule has 2 aromatic rings. The zero-order valence-electron chi connectivity index (χ0n) is 11.1. The number of anilines is 1. The number of hydrogen-bond acceptors (Lipinski definition) is 4. The molecular weight excluding hydrogens is 287 g/mol. The maximum Gasteiger partial charge on any atom is 0.390 e. The van der Waals surface area contributed by atoms with E-state index in [0.717, 1.165) is 0 Å². The van der Waals surface area contributed by atoms with Crippen molar-refractivity contribution in [2.24, 2.45) is 0 Å². The van der Waals surface area contributed by atoms with Crippen molar-refractivity contribution in [1.29, 1.82) is 0 Å². The first kappa shape index (κ1) is 15.0. The van der Waals surface area contributed by atoms with E-state index >= 15 is 0 Å². The van der Waals surface area contributed by atoms with Gasteiger partial charge in [0.25, 0.3) is 0 Å². The van der Waals surface area contributed by atoms with Crippen molar-refractivity contribution in [3.05, 3.63) is 30.0 Å². The third kappa shape index (κ3) is 3.39. The Balaban J connectivity index is 2.48. The number of aromatic nitrogens is 2. The van der Waals surface area contributed by atoms with E-state index in [1.54, 1.807) is 24.3 Å². The maximum absolute atomic E-state index is 12.3. The summed E-state index contributed by atoms with van der Waals surface area (Å²) in [4.78, 5) is 12.5. The number of carboxylic acid groups (broad SMARTS) is 1. The highest BCUT2D eigenvalue weighted by Gasteiger charge is 2.28. The number of fused-ring (bicyclic) bond motifs is 1. The number of benzene rings is 1. The number of carboxylic acids is 1. The van der Waals surface area contributed by atoms with Crippen LogP contribution in [0.2, 0.25) is 0 Å². The fraction of sp³-hybridized carbons (Fsp3) is 0.308. The SMILES string of the molecule is CN(CCC(F)(F)F)c1c(C(=O)O)nnc2ccccc12. The maximum atomic E-state index is 12.3. The van der Waals surface area contributed by atoms with Crippen LogP contribution in [-0.2, 0) is 0 Å². The minimum atomic E-state index is -4.31. The largest absolute Gasteiger partial charge is 0.476 e. The van der Waals surface area contributed by atoms with Gasteiger partial charge in [-0.1, -0.05) is 18.2 Å². The number of hydrogen-bond donors (Lipinski definition) is 1. The minimum Gasteiger partial charge on any atom is -0.476 e. The fourth-order valence-corrected chi connectivity index (χ4v) is 1.98. The van der Waals surface area contributed by atoms with Crippen LogP contribution in [0.1, 0.15) is 16.9 Å². The molecule has 8 heteroatoms. The fourth-order valence-electron chi connectivity index (χ4n) is 1.98. The zero-order valence-corrected chi connectivity index (χ0v) is 11.1. The molecule has 1 aromatic carbocycles. The van der Waals surface area contributed by atoms with Gasteiger partial charge in [-0.2, -0.15) is 13.2 Å². The molecule has 0 aliphatic heterocycles. The Labute approximate surface area is 118 Å². The van der Waals surface area contributed by atoms with Crippen LogP contribution in [0.4, 0.5) is 18.9 Å². The third-order valence-electron chi connectivity index (χ3n) is 2.96. The number of nitrogens with zero attached hydrogens (tertiary/aromatic N) is 3. The first-order valence-corrected chi connectivity index (χ1v) is 6.06.